The van der Waals surface area contributed by atoms with Gasteiger partial charge in [0.2, 0.25) is 5.91 Å². The van der Waals surface area contributed by atoms with Crippen molar-refractivity contribution in [1.82, 2.24) is 15.6 Å². The average molecular weight is 365 g/mol. The standard InChI is InChI=1S/C21H23N3O3/c1-14(2)23-20(25)19(24-21(26)27-16-8-4-3-5-9-16)12-15-13-22-18-11-7-6-10-17(15)18/h3-11,13-14,19,22H,12H2,1-2H3,(H,23,25)(H,24,26)/t19-/m1/s1. The van der Waals surface area contributed by atoms with Gasteiger partial charge in [0.1, 0.15) is 11.8 Å². The first-order valence-electron chi connectivity index (χ1n) is 8.91. The number of carbonyl (C=O) groups is 2. The van der Waals surface area contributed by atoms with Crippen molar-refractivity contribution in [3.8, 4) is 5.75 Å². The molecular weight excluding hydrogens is 342 g/mol. The molecule has 3 rings (SSSR count). The van der Waals surface area contributed by atoms with E-state index in [-0.39, 0.29) is 11.9 Å². The van der Waals surface area contributed by atoms with Crippen LogP contribution in [0.4, 0.5) is 4.79 Å². The topological polar surface area (TPSA) is 83.2 Å². The van der Waals surface area contributed by atoms with Crippen LogP contribution in [0.2, 0.25) is 0 Å². The summed E-state index contributed by atoms with van der Waals surface area (Å²) in [6.45, 7) is 3.76. The van der Waals surface area contributed by atoms with E-state index in [1.807, 2.05) is 50.4 Å². The second-order valence-corrected chi connectivity index (χ2v) is 6.63. The van der Waals surface area contributed by atoms with Gasteiger partial charge in [0.05, 0.1) is 0 Å². The number of carbonyl (C=O) groups excluding carboxylic acids is 2. The van der Waals surface area contributed by atoms with Crippen LogP contribution in [0.1, 0.15) is 19.4 Å². The number of amides is 2. The van der Waals surface area contributed by atoms with Crippen LogP contribution >= 0.6 is 0 Å². The molecule has 0 aliphatic rings. The van der Waals surface area contributed by atoms with Gasteiger partial charge in [0.25, 0.3) is 0 Å². The van der Waals surface area contributed by atoms with Gasteiger partial charge in [-0.2, -0.15) is 0 Å². The zero-order valence-corrected chi connectivity index (χ0v) is 15.4. The third-order valence-corrected chi connectivity index (χ3v) is 4.09. The Labute approximate surface area is 157 Å². The zero-order chi connectivity index (χ0) is 19.2. The molecule has 0 unspecified atom stereocenters. The zero-order valence-electron chi connectivity index (χ0n) is 15.4. The molecule has 0 aliphatic carbocycles. The second kappa shape index (κ2) is 8.40. The average Bonchev–Trinajstić information content (AvgIpc) is 3.04. The molecular formula is C21H23N3O3. The Bertz CT molecular complexity index is 919. The van der Waals surface area contributed by atoms with Crippen LogP contribution in [0.15, 0.2) is 60.8 Å². The smallest absolute Gasteiger partial charge is 0.410 e. The number of hydrogen-bond donors (Lipinski definition) is 3. The number of H-pyrrole nitrogens is 1. The fourth-order valence-electron chi connectivity index (χ4n) is 2.88. The van der Waals surface area contributed by atoms with Gasteiger partial charge in [-0.3, -0.25) is 4.79 Å². The van der Waals surface area contributed by atoms with Crippen LogP contribution in [0.25, 0.3) is 10.9 Å². The van der Waals surface area contributed by atoms with E-state index in [0.717, 1.165) is 16.5 Å². The van der Waals surface area contributed by atoms with Crippen LogP contribution in [-0.2, 0) is 11.2 Å². The molecule has 0 saturated heterocycles. The highest BCUT2D eigenvalue weighted by Gasteiger charge is 2.24. The molecule has 0 aliphatic heterocycles. The van der Waals surface area contributed by atoms with Crippen molar-refractivity contribution in [3.05, 3.63) is 66.4 Å². The Kier molecular flexibility index (Phi) is 5.76. The first kappa shape index (κ1) is 18.5. The van der Waals surface area contributed by atoms with Crippen molar-refractivity contribution in [2.24, 2.45) is 0 Å². The molecule has 2 amide bonds. The summed E-state index contributed by atoms with van der Waals surface area (Å²) in [7, 11) is 0. The summed E-state index contributed by atoms with van der Waals surface area (Å²) < 4.78 is 5.27. The summed E-state index contributed by atoms with van der Waals surface area (Å²) in [6.07, 6.45) is 1.56. The summed E-state index contributed by atoms with van der Waals surface area (Å²) in [6, 6.07) is 15.8. The van der Waals surface area contributed by atoms with Crippen molar-refractivity contribution in [3.63, 3.8) is 0 Å². The molecule has 1 heterocycles. The molecule has 3 aromatic rings. The lowest BCUT2D eigenvalue weighted by atomic mass is 10.0. The highest BCUT2D eigenvalue weighted by atomic mass is 16.6. The molecule has 6 nitrogen and oxygen atoms in total. The molecule has 2 aromatic carbocycles. The van der Waals surface area contributed by atoms with Crippen LogP contribution in [0.3, 0.4) is 0 Å². The van der Waals surface area contributed by atoms with Gasteiger partial charge in [-0.05, 0) is 37.6 Å². The maximum absolute atomic E-state index is 12.6. The molecule has 140 valence electrons. The molecule has 6 heteroatoms. The Morgan fingerprint density at radius 3 is 2.44 bits per heavy atom. The number of nitrogens with one attached hydrogen (secondary N) is 3. The van der Waals surface area contributed by atoms with Crippen molar-refractivity contribution in [2.75, 3.05) is 0 Å². The molecule has 0 radical (unpaired) electrons. The summed E-state index contributed by atoms with van der Waals surface area (Å²) in [4.78, 5) is 28.1. The van der Waals surface area contributed by atoms with E-state index in [2.05, 4.69) is 15.6 Å². The quantitative estimate of drug-likeness (QED) is 0.626. The van der Waals surface area contributed by atoms with Crippen molar-refractivity contribution in [2.45, 2.75) is 32.4 Å². The largest absolute Gasteiger partial charge is 0.413 e. The highest BCUT2D eigenvalue weighted by Crippen LogP contribution is 2.19. The molecule has 27 heavy (non-hydrogen) atoms. The van der Waals surface area contributed by atoms with E-state index in [9.17, 15) is 9.59 Å². The molecule has 0 bridgehead atoms. The number of hydrogen-bond acceptors (Lipinski definition) is 3. The van der Waals surface area contributed by atoms with Crippen LogP contribution in [0.5, 0.6) is 5.75 Å². The monoisotopic (exact) mass is 365 g/mol. The first-order valence-corrected chi connectivity index (χ1v) is 8.91. The number of fused-ring (bicyclic) bond motifs is 1. The molecule has 0 spiro atoms. The fraction of sp³-hybridized carbons (Fsp3) is 0.238. The lowest BCUT2D eigenvalue weighted by Gasteiger charge is -2.19. The normalized spacial score (nSPS) is 12.0. The maximum atomic E-state index is 12.6. The minimum atomic E-state index is -0.747. The third kappa shape index (κ3) is 4.88. The fourth-order valence-corrected chi connectivity index (χ4v) is 2.88. The lowest BCUT2D eigenvalue weighted by Crippen LogP contribution is -2.50. The molecule has 1 atom stereocenters. The lowest BCUT2D eigenvalue weighted by molar-refractivity contribution is -0.123. The first-order chi connectivity index (χ1) is 13.0. The van der Waals surface area contributed by atoms with Crippen molar-refractivity contribution >= 4 is 22.9 Å². The highest BCUT2D eigenvalue weighted by molar-refractivity contribution is 5.88. The van der Waals surface area contributed by atoms with Gasteiger partial charge in [-0.1, -0.05) is 36.4 Å². The van der Waals surface area contributed by atoms with Gasteiger partial charge >= 0.3 is 6.09 Å². The van der Waals surface area contributed by atoms with Crippen molar-refractivity contribution < 1.29 is 14.3 Å². The van der Waals surface area contributed by atoms with E-state index in [4.69, 9.17) is 4.74 Å². The maximum Gasteiger partial charge on any atom is 0.413 e. The summed E-state index contributed by atoms with van der Waals surface area (Å²) >= 11 is 0. The predicted octanol–water partition coefficient (Wildman–Crippen LogP) is 3.39. The Morgan fingerprint density at radius 1 is 1.00 bits per heavy atom. The minimum Gasteiger partial charge on any atom is -0.410 e. The van der Waals surface area contributed by atoms with E-state index in [1.54, 1.807) is 24.3 Å². The van der Waals surface area contributed by atoms with Gasteiger partial charge in [-0.15, -0.1) is 0 Å². The third-order valence-electron chi connectivity index (χ3n) is 4.09. The van der Waals surface area contributed by atoms with Crippen LogP contribution < -0.4 is 15.4 Å². The second-order valence-electron chi connectivity index (χ2n) is 6.63. The summed E-state index contributed by atoms with van der Waals surface area (Å²) in [5.41, 5.74) is 1.94. The van der Waals surface area contributed by atoms with Gasteiger partial charge in [0.15, 0.2) is 0 Å². The van der Waals surface area contributed by atoms with E-state index in [1.165, 1.54) is 0 Å². The number of ether oxygens (including phenoxy) is 1. The molecule has 0 fully saturated rings. The number of rotatable bonds is 6. The number of benzene rings is 2. The van der Waals surface area contributed by atoms with Gasteiger partial charge in [-0.25, -0.2) is 4.79 Å². The molecule has 1 aromatic heterocycles. The molecule has 3 N–H and O–H groups in total. The number of aromatic nitrogens is 1. The van der Waals surface area contributed by atoms with Crippen LogP contribution in [0, 0.1) is 0 Å². The molecule has 0 saturated carbocycles. The number of aromatic amines is 1. The summed E-state index contributed by atoms with van der Waals surface area (Å²) in [5, 5.41) is 6.57. The Balaban J connectivity index is 1.76. The van der Waals surface area contributed by atoms with Crippen LogP contribution in [-0.4, -0.2) is 29.1 Å². The minimum absolute atomic E-state index is 0.0325. The van der Waals surface area contributed by atoms with Gasteiger partial charge in [0, 0.05) is 29.6 Å². The van der Waals surface area contributed by atoms with E-state index >= 15 is 0 Å². The van der Waals surface area contributed by atoms with Crippen molar-refractivity contribution in [1.29, 1.82) is 0 Å². The van der Waals surface area contributed by atoms with E-state index < -0.39 is 12.1 Å². The van der Waals surface area contributed by atoms with E-state index in [0.29, 0.717) is 12.2 Å². The number of para-hydroxylation sites is 2. The Morgan fingerprint density at radius 2 is 1.70 bits per heavy atom. The predicted molar refractivity (Wildman–Crippen MR) is 105 cm³/mol. The van der Waals surface area contributed by atoms with Gasteiger partial charge < -0.3 is 20.4 Å². The Hall–Kier alpha value is -3.28. The summed E-state index contributed by atoms with van der Waals surface area (Å²) in [5.74, 6) is 0.172. The SMILES string of the molecule is CC(C)NC(=O)[C@@H](Cc1c[nH]c2ccccc12)NC(=O)Oc1ccccc1.